The normalized spacial score (nSPS) is 11.1. The van der Waals surface area contributed by atoms with Crippen LogP contribution in [-0.4, -0.2) is 30.7 Å². The van der Waals surface area contributed by atoms with Gasteiger partial charge in [0.2, 0.25) is 0 Å². The molecule has 3 rings (SSSR count). The van der Waals surface area contributed by atoms with Crippen LogP contribution in [0.3, 0.4) is 0 Å². The van der Waals surface area contributed by atoms with Crippen LogP contribution < -0.4 is 9.64 Å². The van der Waals surface area contributed by atoms with E-state index >= 15 is 0 Å². The number of benzene rings is 2. The smallest absolute Gasteiger partial charge is 0.342 e. The van der Waals surface area contributed by atoms with Crippen LogP contribution in [0, 0.1) is 5.82 Å². The van der Waals surface area contributed by atoms with Crippen molar-refractivity contribution in [3.63, 3.8) is 0 Å². The van der Waals surface area contributed by atoms with Crippen LogP contribution in [0.2, 0.25) is 0 Å². The van der Waals surface area contributed by atoms with Crippen molar-refractivity contribution in [1.29, 1.82) is 0 Å². The maximum Gasteiger partial charge on any atom is 0.342 e. The third-order valence-electron chi connectivity index (χ3n) is 4.49. The summed E-state index contributed by atoms with van der Waals surface area (Å²) in [5.74, 6) is -0.0855. The topological polar surface area (TPSA) is 54.6 Å². The molecule has 0 atom stereocenters. The fourth-order valence-corrected chi connectivity index (χ4v) is 3.27. The van der Waals surface area contributed by atoms with E-state index in [9.17, 15) is 9.18 Å². The Balaban J connectivity index is 2.13. The number of carbonyl (C=O) groups excluding carboxylic acids is 1. The summed E-state index contributed by atoms with van der Waals surface area (Å²) in [6.07, 6.45) is 0.802. The van der Waals surface area contributed by atoms with Crippen LogP contribution in [-0.2, 0) is 4.74 Å². The first-order chi connectivity index (χ1) is 13.5. The minimum atomic E-state index is -0.443. The summed E-state index contributed by atoms with van der Waals surface area (Å²) in [5.41, 5.74) is 1.86. The Kier molecular flexibility index (Phi) is 5.87. The molecule has 28 heavy (non-hydrogen) atoms. The molecule has 1 aromatic heterocycles. The predicted molar refractivity (Wildman–Crippen MR) is 109 cm³/mol. The molecule has 0 saturated carbocycles. The fourth-order valence-electron chi connectivity index (χ4n) is 3.27. The second-order valence-electron chi connectivity index (χ2n) is 6.81. The Bertz CT molecular complexity index is 981. The van der Waals surface area contributed by atoms with Crippen molar-refractivity contribution in [3.05, 3.63) is 53.8 Å². The number of nitrogens with zero attached hydrogens (tertiary/aromatic N) is 1. The van der Waals surface area contributed by atoms with Gasteiger partial charge < -0.3 is 19.4 Å². The Morgan fingerprint density at radius 1 is 1.21 bits per heavy atom. The van der Waals surface area contributed by atoms with Crippen molar-refractivity contribution >= 4 is 28.4 Å². The highest BCUT2D eigenvalue weighted by Gasteiger charge is 2.26. The van der Waals surface area contributed by atoms with Crippen molar-refractivity contribution < 1.29 is 18.7 Å². The molecule has 3 aromatic rings. The van der Waals surface area contributed by atoms with Gasteiger partial charge >= 0.3 is 5.97 Å². The van der Waals surface area contributed by atoms with E-state index in [-0.39, 0.29) is 11.8 Å². The lowest BCUT2D eigenvalue weighted by molar-refractivity contribution is 0.0604. The summed E-state index contributed by atoms with van der Waals surface area (Å²) in [6, 6.07) is 12.3. The molecular weight excluding hydrogens is 359 g/mol. The summed E-state index contributed by atoms with van der Waals surface area (Å²) >= 11 is 0. The van der Waals surface area contributed by atoms with Gasteiger partial charge in [-0.2, -0.15) is 0 Å². The summed E-state index contributed by atoms with van der Waals surface area (Å²) in [7, 11) is 1.35. The Morgan fingerprint density at radius 3 is 2.61 bits per heavy atom. The highest BCUT2D eigenvalue weighted by molar-refractivity contribution is 6.10. The summed E-state index contributed by atoms with van der Waals surface area (Å²) in [5, 5.41) is 0.762. The van der Waals surface area contributed by atoms with Crippen LogP contribution in [0.4, 0.5) is 15.9 Å². The maximum absolute atomic E-state index is 14.6. The summed E-state index contributed by atoms with van der Waals surface area (Å²) < 4.78 is 25.0. The number of nitrogens with one attached hydrogen (secondary N) is 1. The molecule has 0 aliphatic carbocycles. The SMILES string of the molecule is CCCOc1ccc(N(c2[nH]c3ccccc3c2C(=O)OC)C(C)C)cc1F. The van der Waals surface area contributed by atoms with Crippen LogP contribution >= 0.6 is 0 Å². The monoisotopic (exact) mass is 384 g/mol. The molecule has 2 aromatic carbocycles. The molecule has 0 bridgehead atoms. The van der Waals surface area contributed by atoms with Crippen LogP contribution in [0.15, 0.2) is 42.5 Å². The molecule has 0 amide bonds. The van der Waals surface area contributed by atoms with Crippen molar-refractivity contribution in [2.75, 3.05) is 18.6 Å². The Labute approximate surface area is 164 Å². The van der Waals surface area contributed by atoms with Gasteiger partial charge in [-0.05, 0) is 38.5 Å². The fraction of sp³-hybridized carbons (Fsp3) is 0.318. The van der Waals surface area contributed by atoms with Gasteiger partial charge in [0, 0.05) is 28.7 Å². The van der Waals surface area contributed by atoms with Gasteiger partial charge in [0.05, 0.1) is 13.7 Å². The molecule has 0 aliphatic heterocycles. The molecule has 0 aliphatic rings. The lowest BCUT2D eigenvalue weighted by atomic mass is 10.1. The van der Waals surface area contributed by atoms with Gasteiger partial charge in [-0.15, -0.1) is 0 Å². The standard InChI is InChI=1S/C22H25FN2O3/c1-5-12-28-19-11-10-15(13-17(19)23)25(14(2)3)21-20(22(26)27-4)16-8-6-7-9-18(16)24-21/h6-11,13-14,24H,5,12H2,1-4H3. The van der Waals surface area contributed by atoms with E-state index in [1.807, 2.05) is 49.9 Å². The molecular formula is C22H25FN2O3. The van der Waals surface area contributed by atoms with Gasteiger partial charge in [-0.1, -0.05) is 25.1 Å². The van der Waals surface area contributed by atoms with Crippen LogP contribution in [0.5, 0.6) is 5.75 Å². The number of halogens is 1. The first-order valence-corrected chi connectivity index (χ1v) is 9.38. The lowest BCUT2D eigenvalue weighted by Crippen LogP contribution is -2.27. The van der Waals surface area contributed by atoms with Crippen LogP contribution in [0.1, 0.15) is 37.6 Å². The lowest BCUT2D eigenvalue weighted by Gasteiger charge is -2.29. The molecule has 6 heteroatoms. The Hall–Kier alpha value is -3.02. The average molecular weight is 384 g/mol. The number of ether oxygens (including phenoxy) is 2. The number of aromatic amines is 1. The molecule has 0 saturated heterocycles. The molecule has 148 valence electrons. The molecule has 5 nitrogen and oxygen atoms in total. The first-order valence-electron chi connectivity index (χ1n) is 9.38. The molecule has 0 unspecified atom stereocenters. The van der Waals surface area contributed by atoms with Gasteiger partial charge in [0.1, 0.15) is 11.4 Å². The molecule has 0 radical (unpaired) electrons. The quantitative estimate of drug-likeness (QED) is 0.552. The number of rotatable bonds is 7. The van der Waals surface area contributed by atoms with E-state index in [1.54, 1.807) is 12.1 Å². The van der Waals surface area contributed by atoms with Crippen molar-refractivity contribution in [3.8, 4) is 5.75 Å². The van der Waals surface area contributed by atoms with E-state index in [0.717, 1.165) is 17.3 Å². The molecule has 1 heterocycles. The van der Waals surface area contributed by atoms with Gasteiger partial charge in [0.15, 0.2) is 11.6 Å². The highest BCUT2D eigenvalue weighted by Crippen LogP contribution is 2.36. The first kappa shape index (κ1) is 19.7. The van der Waals surface area contributed by atoms with E-state index in [2.05, 4.69) is 4.98 Å². The number of para-hydroxylation sites is 1. The van der Waals surface area contributed by atoms with Crippen LogP contribution in [0.25, 0.3) is 10.9 Å². The van der Waals surface area contributed by atoms with Gasteiger partial charge in [0.25, 0.3) is 0 Å². The zero-order valence-electron chi connectivity index (χ0n) is 16.6. The number of hydrogen-bond acceptors (Lipinski definition) is 4. The molecule has 1 N–H and O–H groups in total. The number of methoxy groups -OCH3 is 1. The van der Waals surface area contributed by atoms with Crippen molar-refractivity contribution in [1.82, 2.24) is 4.98 Å². The van der Waals surface area contributed by atoms with E-state index in [4.69, 9.17) is 9.47 Å². The number of H-pyrrole nitrogens is 1. The van der Waals surface area contributed by atoms with Gasteiger partial charge in [-0.25, -0.2) is 9.18 Å². The number of hydrogen-bond donors (Lipinski definition) is 1. The van der Waals surface area contributed by atoms with Crippen molar-refractivity contribution in [2.45, 2.75) is 33.2 Å². The minimum Gasteiger partial charge on any atom is -0.491 e. The van der Waals surface area contributed by atoms with Crippen molar-refractivity contribution in [2.24, 2.45) is 0 Å². The largest absolute Gasteiger partial charge is 0.491 e. The minimum absolute atomic E-state index is 0.0433. The van der Waals surface area contributed by atoms with E-state index in [0.29, 0.717) is 23.7 Å². The predicted octanol–water partition coefficient (Wildman–Crippen LogP) is 5.43. The zero-order valence-corrected chi connectivity index (χ0v) is 16.6. The third-order valence-corrected chi connectivity index (χ3v) is 4.49. The maximum atomic E-state index is 14.6. The number of anilines is 2. The number of aromatic nitrogens is 1. The number of esters is 1. The van der Waals surface area contributed by atoms with Gasteiger partial charge in [-0.3, -0.25) is 0 Å². The van der Waals surface area contributed by atoms with E-state index in [1.165, 1.54) is 13.2 Å². The average Bonchev–Trinajstić information content (AvgIpc) is 3.05. The summed E-state index contributed by atoms with van der Waals surface area (Å²) in [4.78, 5) is 17.7. The third kappa shape index (κ3) is 3.67. The number of carbonyl (C=O) groups is 1. The molecule has 0 fully saturated rings. The second kappa shape index (κ2) is 8.33. The Morgan fingerprint density at radius 2 is 1.96 bits per heavy atom. The van der Waals surface area contributed by atoms with E-state index < -0.39 is 11.8 Å². The summed E-state index contributed by atoms with van der Waals surface area (Å²) in [6.45, 7) is 6.38. The zero-order chi connectivity index (χ0) is 20.3. The number of fused-ring (bicyclic) bond motifs is 1. The highest BCUT2D eigenvalue weighted by atomic mass is 19.1. The second-order valence-corrected chi connectivity index (χ2v) is 6.81. The molecule has 0 spiro atoms.